The molecule has 1 aliphatic carbocycles. The Morgan fingerprint density at radius 3 is 2.76 bits per heavy atom. The van der Waals surface area contributed by atoms with Crippen molar-refractivity contribution in [1.82, 2.24) is 19.9 Å². The molecule has 0 amide bonds. The van der Waals surface area contributed by atoms with Crippen LogP contribution in [0.3, 0.4) is 0 Å². The van der Waals surface area contributed by atoms with E-state index in [1.807, 2.05) is 19.2 Å². The molecule has 1 aliphatic heterocycles. The number of nitrogens with zero attached hydrogens (tertiary/aromatic N) is 5. The van der Waals surface area contributed by atoms with Crippen molar-refractivity contribution >= 4 is 17.7 Å². The maximum absolute atomic E-state index is 9.77. The van der Waals surface area contributed by atoms with Gasteiger partial charge in [0.2, 0.25) is 11.9 Å². The average molecular weight is 398 g/mol. The average Bonchev–Trinajstić information content (AvgIpc) is 2.68. The highest BCUT2D eigenvalue weighted by atomic mass is 16.3. The lowest BCUT2D eigenvalue weighted by molar-refractivity contribution is 0.145. The van der Waals surface area contributed by atoms with Crippen molar-refractivity contribution < 1.29 is 5.11 Å². The van der Waals surface area contributed by atoms with E-state index in [4.69, 9.17) is 4.98 Å². The summed E-state index contributed by atoms with van der Waals surface area (Å²) in [5.74, 6) is 2.21. The van der Waals surface area contributed by atoms with Crippen LogP contribution in [-0.4, -0.2) is 50.8 Å². The molecule has 8 heteroatoms. The number of aromatic nitrogens is 4. The predicted octanol–water partition coefficient (Wildman–Crippen LogP) is 2.79. The van der Waals surface area contributed by atoms with Gasteiger partial charge in [-0.05, 0) is 44.1 Å². The quantitative estimate of drug-likeness (QED) is 0.708. The first-order chi connectivity index (χ1) is 13.9. The maximum Gasteiger partial charge on any atom is 0.225 e. The number of anilines is 3. The summed E-state index contributed by atoms with van der Waals surface area (Å²) in [6, 6.07) is 1.95. The molecule has 4 rings (SSSR count). The zero-order valence-corrected chi connectivity index (χ0v) is 17.5. The van der Waals surface area contributed by atoms with Gasteiger partial charge in [0.25, 0.3) is 0 Å². The van der Waals surface area contributed by atoms with Gasteiger partial charge in [-0.25, -0.2) is 15.0 Å². The third-order valence-electron chi connectivity index (χ3n) is 5.73. The van der Waals surface area contributed by atoms with Crippen LogP contribution in [0.2, 0.25) is 0 Å². The Morgan fingerprint density at radius 1 is 1.21 bits per heavy atom. The Kier molecular flexibility index (Phi) is 5.54. The zero-order chi connectivity index (χ0) is 20.4. The molecule has 0 unspecified atom stereocenters. The van der Waals surface area contributed by atoms with Crippen molar-refractivity contribution in [3.05, 3.63) is 29.7 Å². The molecule has 0 bridgehead atoms. The summed E-state index contributed by atoms with van der Waals surface area (Å²) in [4.78, 5) is 20.8. The number of aliphatic hydroxyl groups excluding tert-OH is 1. The van der Waals surface area contributed by atoms with Gasteiger partial charge in [0.15, 0.2) is 0 Å². The van der Waals surface area contributed by atoms with Crippen molar-refractivity contribution in [3.8, 4) is 0 Å². The van der Waals surface area contributed by atoms with Crippen LogP contribution < -0.4 is 15.5 Å². The van der Waals surface area contributed by atoms with E-state index in [0.29, 0.717) is 5.95 Å². The second-order valence-corrected chi connectivity index (χ2v) is 8.83. The Labute approximate surface area is 172 Å². The van der Waals surface area contributed by atoms with Gasteiger partial charge in [0.1, 0.15) is 5.82 Å². The van der Waals surface area contributed by atoms with Crippen molar-refractivity contribution in [3.63, 3.8) is 0 Å². The van der Waals surface area contributed by atoms with Crippen LogP contribution in [0.25, 0.3) is 0 Å². The molecule has 1 fully saturated rings. The number of piperidine rings is 1. The lowest BCUT2D eigenvalue weighted by Crippen LogP contribution is -2.38. The SMILES string of the molecule is CCNc1ccnc(N[C@H]2CC(C)(C)Cc3nc(N4CCC(O)CC4)ncc32)n1. The molecule has 0 spiro atoms. The molecule has 2 aromatic rings. The fraction of sp³-hybridized carbons (Fsp3) is 0.619. The lowest BCUT2D eigenvalue weighted by atomic mass is 9.74. The summed E-state index contributed by atoms with van der Waals surface area (Å²) >= 11 is 0. The van der Waals surface area contributed by atoms with E-state index in [1.165, 1.54) is 0 Å². The van der Waals surface area contributed by atoms with E-state index in [0.717, 1.165) is 68.3 Å². The monoisotopic (exact) mass is 397 g/mol. The summed E-state index contributed by atoms with van der Waals surface area (Å²) in [6.45, 7) is 9.03. The first-order valence-corrected chi connectivity index (χ1v) is 10.6. The van der Waals surface area contributed by atoms with E-state index in [2.05, 4.69) is 44.3 Å². The number of hydrogen-bond donors (Lipinski definition) is 3. The third-order valence-corrected chi connectivity index (χ3v) is 5.73. The second kappa shape index (κ2) is 8.10. The Bertz CT molecular complexity index is 849. The topological polar surface area (TPSA) is 99.1 Å². The summed E-state index contributed by atoms with van der Waals surface area (Å²) in [7, 11) is 0. The zero-order valence-electron chi connectivity index (χ0n) is 17.5. The number of aliphatic hydroxyl groups is 1. The van der Waals surface area contributed by atoms with Gasteiger partial charge in [0.05, 0.1) is 17.8 Å². The molecule has 3 heterocycles. The molecule has 2 aromatic heterocycles. The van der Waals surface area contributed by atoms with Crippen LogP contribution in [0.1, 0.15) is 57.3 Å². The number of nitrogens with one attached hydrogen (secondary N) is 2. The highest BCUT2D eigenvalue weighted by Crippen LogP contribution is 2.41. The molecule has 2 aliphatic rings. The first-order valence-electron chi connectivity index (χ1n) is 10.6. The van der Waals surface area contributed by atoms with Gasteiger partial charge in [-0.3, -0.25) is 0 Å². The van der Waals surface area contributed by atoms with E-state index >= 15 is 0 Å². The van der Waals surface area contributed by atoms with Gasteiger partial charge in [0, 0.05) is 37.6 Å². The van der Waals surface area contributed by atoms with Gasteiger partial charge in [-0.15, -0.1) is 0 Å². The fourth-order valence-electron chi connectivity index (χ4n) is 4.25. The molecule has 1 saturated heterocycles. The fourth-order valence-corrected chi connectivity index (χ4v) is 4.25. The van der Waals surface area contributed by atoms with Crippen molar-refractivity contribution in [1.29, 1.82) is 0 Å². The van der Waals surface area contributed by atoms with E-state index in [9.17, 15) is 5.11 Å². The molecule has 0 saturated carbocycles. The van der Waals surface area contributed by atoms with E-state index in [1.54, 1.807) is 6.20 Å². The van der Waals surface area contributed by atoms with Crippen molar-refractivity contribution in [2.45, 2.75) is 58.6 Å². The largest absolute Gasteiger partial charge is 0.393 e. The molecular weight excluding hydrogens is 366 g/mol. The van der Waals surface area contributed by atoms with Crippen LogP contribution in [0.5, 0.6) is 0 Å². The van der Waals surface area contributed by atoms with Crippen LogP contribution in [-0.2, 0) is 6.42 Å². The molecule has 1 atom stereocenters. The van der Waals surface area contributed by atoms with E-state index < -0.39 is 0 Å². The predicted molar refractivity (Wildman–Crippen MR) is 114 cm³/mol. The Balaban J connectivity index is 1.58. The van der Waals surface area contributed by atoms with Crippen LogP contribution >= 0.6 is 0 Å². The Morgan fingerprint density at radius 2 is 2.00 bits per heavy atom. The van der Waals surface area contributed by atoms with Gasteiger partial charge < -0.3 is 20.6 Å². The highest BCUT2D eigenvalue weighted by molar-refractivity contribution is 5.43. The molecule has 3 N–H and O–H groups in total. The Hall–Kier alpha value is -2.48. The van der Waals surface area contributed by atoms with Gasteiger partial charge in [-0.2, -0.15) is 4.98 Å². The molecule has 29 heavy (non-hydrogen) atoms. The minimum absolute atomic E-state index is 0.0721. The minimum Gasteiger partial charge on any atom is -0.393 e. The summed E-state index contributed by atoms with van der Waals surface area (Å²) in [5.41, 5.74) is 2.34. The number of hydrogen-bond acceptors (Lipinski definition) is 8. The first kappa shape index (κ1) is 19.8. The van der Waals surface area contributed by atoms with Gasteiger partial charge in [-0.1, -0.05) is 13.8 Å². The third kappa shape index (κ3) is 4.58. The molecule has 0 aromatic carbocycles. The normalized spacial score (nSPS) is 21.5. The van der Waals surface area contributed by atoms with Crippen molar-refractivity contribution in [2.75, 3.05) is 35.2 Å². The van der Waals surface area contributed by atoms with Crippen LogP contribution in [0, 0.1) is 5.41 Å². The second-order valence-electron chi connectivity index (χ2n) is 8.83. The highest BCUT2D eigenvalue weighted by Gasteiger charge is 2.34. The summed E-state index contributed by atoms with van der Waals surface area (Å²) in [5, 5.41) is 16.5. The van der Waals surface area contributed by atoms with E-state index in [-0.39, 0.29) is 17.6 Å². The van der Waals surface area contributed by atoms with Crippen molar-refractivity contribution in [2.24, 2.45) is 5.41 Å². The van der Waals surface area contributed by atoms with Crippen LogP contribution in [0.4, 0.5) is 17.7 Å². The lowest BCUT2D eigenvalue weighted by Gasteiger charge is -2.37. The number of rotatable bonds is 5. The molecular formula is C21H31N7O. The molecule has 156 valence electrons. The smallest absolute Gasteiger partial charge is 0.225 e. The van der Waals surface area contributed by atoms with Crippen LogP contribution in [0.15, 0.2) is 18.5 Å². The number of fused-ring (bicyclic) bond motifs is 1. The molecule has 8 nitrogen and oxygen atoms in total. The summed E-state index contributed by atoms with van der Waals surface area (Å²) < 4.78 is 0. The maximum atomic E-state index is 9.77. The van der Waals surface area contributed by atoms with Gasteiger partial charge >= 0.3 is 0 Å². The molecule has 0 radical (unpaired) electrons. The standard InChI is InChI=1S/C21H31N7O/c1-4-22-18-5-8-23-19(27-18)25-16-11-21(2,3)12-17-15(16)13-24-20(26-17)28-9-6-14(29)7-10-28/h5,8,13-14,16,29H,4,6-7,9-12H2,1-3H3,(H2,22,23,25,27)/t16-/m0/s1. The minimum atomic E-state index is -0.200. The summed E-state index contributed by atoms with van der Waals surface area (Å²) in [6.07, 6.45) is 6.97.